The van der Waals surface area contributed by atoms with E-state index in [-0.39, 0.29) is 25.7 Å². The maximum absolute atomic E-state index is 13.1. The van der Waals surface area contributed by atoms with Crippen LogP contribution >= 0.6 is 15.6 Å². The molecule has 0 aromatic heterocycles. The van der Waals surface area contributed by atoms with Crippen LogP contribution in [-0.2, 0) is 65.4 Å². The van der Waals surface area contributed by atoms with Crippen LogP contribution in [0.1, 0.15) is 427 Å². The van der Waals surface area contributed by atoms with E-state index in [2.05, 4.69) is 41.5 Å². The minimum atomic E-state index is -4.96. The molecule has 17 nitrogen and oxygen atoms in total. The Morgan fingerprint density at radius 1 is 0.290 bits per heavy atom. The van der Waals surface area contributed by atoms with Gasteiger partial charge in [-0.3, -0.25) is 37.3 Å². The van der Waals surface area contributed by atoms with Crippen LogP contribution in [0.25, 0.3) is 0 Å². The topological polar surface area (TPSA) is 237 Å². The van der Waals surface area contributed by atoms with Gasteiger partial charge in [0.1, 0.15) is 19.3 Å². The zero-order chi connectivity index (χ0) is 73.5. The molecule has 0 fully saturated rings. The minimum absolute atomic E-state index is 0.106. The van der Waals surface area contributed by atoms with Gasteiger partial charge in [-0.15, -0.1) is 0 Å². The lowest BCUT2D eigenvalue weighted by molar-refractivity contribution is -0.161. The molecule has 0 spiro atoms. The molecule has 0 heterocycles. The number of carbonyl (C=O) groups excluding carboxylic acids is 4. The van der Waals surface area contributed by atoms with Crippen molar-refractivity contribution in [2.75, 3.05) is 39.6 Å². The molecular weight excluding hydrogens is 1310 g/mol. The van der Waals surface area contributed by atoms with Gasteiger partial charge >= 0.3 is 39.5 Å². The van der Waals surface area contributed by atoms with Gasteiger partial charge in [0.15, 0.2) is 12.2 Å². The molecule has 0 aliphatic rings. The molecule has 594 valence electrons. The largest absolute Gasteiger partial charge is 0.472 e. The molecule has 0 saturated carbocycles. The summed E-state index contributed by atoms with van der Waals surface area (Å²) in [6, 6.07) is 0. The Morgan fingerprint density at radius 2 is 0.510 bits per heavy atom. The zero-order valence-electron chi connectivity index (χ0n) is 65.5. The number of hydrogen-bond donors (Lipinski definition) is 3. The van der Waals surface area contributed by atoms with E-state index >= 15 is 0 Å². The van der Waals surface area contributed by atoms with Crippen molar-refractivity contribution in [3.63, 3.8) is 0 Å². The molecule has 0 amide bonds. The molecule has 0 saturated heterocycles. The standard InChI is InChI=1S/C81H158O17P2/c1-7-10-12-14-16-18-20-21-26-30-34-40-46-52-58-64-79(84)92-69-76(97-80(85)65-59-53-47-41-35-31-28-25-23-22-24-27-29-33-38-44-50-56-62-74(6)9-3)71-95-99(87,88)93-67-75(82)68-94-100(89,90)96-72-77(70-91-78(83)63-57-51-45-39-32-19-17-15-13-11-8-2)98-81(86)66-60-54-48-42-36-37-43-49-55-61-73(4)5/h73-77,82H,7-72H2,1-6H3,(H,87,88)(H,89,90)/t74?,75-,76-,77-/m1/s1. The van der Waals surface area contributed by atoms with E-state index in [0.717, 1.165) is 102 Å². The highest BCUT2D eigenvalue weighted by Crippen LogP contribution is 2.45. The van der Waals surface area contributed by atoms with E-state index in [4.69, 9.17) is 37.0 Å². The Kier molecular flexibility index (Phi) is 71.2. The van der Waals surface area contributed by atoms with Gasteiger partial charge in [0.05, 0.1) is 26.4 Å². The van der Waals surface area contributed by atoms with Gasteiger partial charge in [-0.2, -0.15) is 0 Å². The smallest absolute Gasteiger partial charge is 0.462 e. The second-order valence-corrected chi connectivity index (χ2v) is 32.8. The van der Waals surface area contributed by atoms with Crippen molar-refractivity contribution in [1.29, 1.82) is 0 Å². The average molecular weight is 1470 g/mol. The van der Waals surface area contributed by atoms with Crippen LogP contribution in [0.3, 0.4) is 0 Å². The zero-order valence-corrected chi connectivity index (χ0v) is 67.3. The number of ether oxygens (including phenoxy) is 4. The fraction of sp³-hybridized carbons (Fsp3) is 0.951. The fourth-order valence-corrected chi connectivity index (χ4v) is 14.1. The molecule has 0 bridgehead atoms. The summed E-state index contributed by atoms with van der Waals surface area (Å²) >= 11 is 0. The maximum atomic E-state index is 13.1. The van der Waals surface area contributed by atoms with Gasteiger partial charge < -0.3 is 33.8 Å². The molecule has 100 heavy (non-hydrogen) atoms. The normalized spacial score (nSPS) is 14.2. The first-order chi connectivity index (χ1) is 48.4. The number of hydrogen-bond acceptors (Lipinski definition) is 15. The first-order valence-electron chi connectivity index (χ1n) is 42.0. The Balaban J connectivity index is 5.21. The summed E-state index contributed by atoms with van der Waals surface area (Å²) in [6.45, 7) is 9.67. The molecule has 0 aliphatic heterocycles. The molecule has 19 heteroatoms. The van der Waals surface area contributed by atoms with Crippen molar-refractivity contribution >= 4 is 39.5 Å². The number of unbranched alkanes of at least 4 members (excludes halogenated alkanes) is 49. The first kappa shape index (κ1) is 98.1. The van der Waals surface area contributed by atoms with E-state index < -0.39 is 97.5 Å². The van der Waals surface area contributed by atoms with Crippen LogP contribution in [0, 0.1) is 11.8 Å². The van der Waals surface area contributed by atoms with Crippen LogP contribution < -0.4 is 0 Å². The molecule has 3 N–H and O–H groups in total. The van der Waals surface area contributed by atoms with Crippen LogP contribution in [0.4, 0.5) is 0 Å². The minimum Gasteiger partial charge on any atom is -0.462 e. The summed E-state index contributed by atoms with van der Waals surface area (Å²) < 4.78 is 68.7. The summed E-state index contributed by atoms with van der Waals surface area (Å²) in [4.78, 5) is 73.0. The van der Waals surface area contributed by atoms with Crippen molar-refractivity contribution in [2.24, 2.45) is 11.8 Å². The predicted molar refractivity (Wildman–Crippen MR) is 409 cm³/mol. The Bertz CT molecular complexity index is 1930. The highest BCUT2D eigenvalue weighted by Gasteiger charge is 2.30. The van der Waals surface area contributed by atoms with Gasteiger partial charge in [-0.1, -0.05) is 375 Å². The van der Waals surface area contributed by atoms with Gasteiger partial charge in [-0.25, -0.2) is 9.13 Å². The maximum Gasteiger partial charge on any atom is 0.472 e. The van der Waals surface area contributed by atoms with E-state index in [0.29, 0.717) is 25.7 Å². The molecule has 6 atom stereocenters. The number of aliphatic hydroxyl groups excluding tert-OH is 1. The molecule has 0 radical (unpaired) electrons. The number of aliphatic hydroxyl groups is 1. The summed E-state index contributed by atoms with van der Waals surface area (Å²) in [5, 5.41) is 10.6. The molecule has 3 unspecified atom stereocenters. The van der Waals surface area contributed by atoms with E-state index in [1.165, 1.54) is 244 Å². The number of rotatable bonds is 80. The van der Waals surface area contributed by atoms with Crippen LogP contribution in [-0.4, -0.2) is 96.7 Å². The lowest BCUT2D eigenvalue weighted by Crippen LogP contribution is -2.30. The van der Waals surface area contributed by atoms with Crippen molar-refractivity contribution < 1.29 is 80.2 Å². The van der Waals surface area contributed by atoms with Crippen LogP contribution in [0.2, 0.25) is 0 Å². The average Bonchev–Trinajstić information content (AvgIpc) is 0.987. The van der Waals surface area contributed by atoms with Gasteiger partial charge in [0, 0.05) is 25.7 Å². The lowest BCUT2D eigenvalue weighted by atomic mass is 9.99. The van der Waals surface area contributed by atoms with Crippen molar-refractivity contribution in [2.45, 2.75) is 445 Å². The second kappa shape index (κ2) is 72.6. The summed E-state index contributed by atoms with van der Waals surface area (Å²) in [6.07, 6.45) is 62.4. The van der Waals surface area contributed by atoms with E-state index in [1.54, 1.807) is 0 Å². The molecule has 0 aromatic carbocycles. The quantitative estimate of drug-likeness (QED) is 0.0222. The number of carbonyl (C=O) groups is 4. The first-order valence-corrected chi connectivity index (χ1v) is 45.0. The third kappa shape index (κ3) is 73.0. The summed E-state index contributed by atoms with van der Waals surface area (Å²) in [5.74, 6) is -0.501. The number of phosphoric ester groups is 2. The van der Waals surface area contributed by atoms with Crippen LogP contribution in [0.15, 0.2) is 0 Å². The van der Waals surface area contributed by atoms with Crippen molar-refractivity contribution in [3.8, 4) is 0 Å². The highest BCUT2D eigenvalue weighted by molar-refractivity contribution is 7.47. The predicted octanol–water partition coefficient (Wildman–Crippen LogP) is 24.3. The Morgan fingerprint density at radius 3 is 0.760 bits per heavy atom. The SMILES string of the molecule is CCCCCCCCCCCCCCCCCC(=O)OC[C@H](COP(=O)(O)OC[C@@H](O)COP(=O)(O)OC[C@@H](COC(=O)CCCCCCCCCCCCC)OC(=O)CCCCCCCCCCCC(C)C)OC(=O)CCCCCCCCCCCCCCCCCCCCC(C)CC. The second-order valence-electron chi connectivity index (χ2n) is 29.9. The molecule has 0 aromatic rings. The van der Waals surface area contributed by atoms with Crippen LogP contribution in [0.5, 0.6) is 0 Å². The molecule has 0 aliphatic carbocycles. The van der Waals surface area contributed by atoms with Gasteiger partial charge in [0.25, 0.3) is 0 Å². The molecule has 0 rings (SSSR count). The van der Waals surface area contributed by atoms with E-state index in [1.807, 2.05) is 0 Å². The number of esters is 4. The van der Waals surface area contributed by atoms with E-state index in [9.17, 15) is 43.2 Å². The molecular formula is C81H158O17P2. The lowest BCUT2D eigenvalue weighted by Gasteiger charge is -2.21. The third-order valence-electron chi connectivity index (χ3n) is 19.3. The highest BCUT2D eigenvalue weighted by atomic mass is 31.2. The van der Waals surface area contributed by atoms with Crippen molar-refractivity contribution in [1.82, 2.24) is 0 Å². The van der Waals surface area contributed by atoms with Crippen molar-refractivity contribution in [3.05, 3.63) is 0 Å². The van der Waals surface area contributed by atoms with Gasteiger partial charge in [0.2, 0.25) is 0 Å². The third-order valence-corrected chi connectivity index (χ3v) is 21.2. The summed E-state index contributed by atoms with van der Waals surface area (Å²) in [7, 11) is -9.92. The Hall–Kier alpha value is -1.94. The number of phosphoric acid groups is 2. The Labute approximate surface area is 613 Å². The van der Waals surface area contributed by atoms with Gasteiger partial charge in [-0.05, 0) is 37.5 Å². The summed E-state index contributed by atoms with van der Waals surface area (Å²) in [5.41, 5.74) is 0. The monoisotopic (exact) mass is 1470 g/mol. The fourth-order valence-electron chi connectivity index (χ4n) is 12.5.